The Kier molecular flexibility index (Phi) is 2.90. The van der Waals surface area contributed by atoms with Crippen molar-refractivity contribution in [1.29, 1.82) is 0 Å². The summed E-state index contributed by atoms with van der Waals surface area (Å²) in [5.41, 5.74) is 0.603. The molecule has 1 saturated carbocycles. The Morgan fingerprint density at radius 1 is 1.60 bits per heavy atom. The van der Waals surface area contributed by atoms with Gasteiger partial charge in [-0.1, -0.05) is 5.16 Å². The van der Waals surface area contributed by atoms with Crippen molar-refractivity contribution in [3.8, 4) is 0 Å². The van der Waals surface area contributed by atoms with Gasteiger partial charge in [0.2, 0.25) is 0 Å². The largest absolute Gasteiger partial charge is 0.464 e. The van der Waals surface area contributed by atoms with E-state index in [9.17, 15) is 4.79 Å². The second-order valence-corrected chi connectivity index (χ2v) is 4.07. The lowest BCUT2D eigenvalue weighted by molar-refractivity contribution is -0.138. The first-order valence-electron chi connectivity index (χ1n) is 5.24. The summed E-state index contributed by atoms with van der Waals surface area (Å²) in [4.78, 5) is 10.4. The molecule has 5 nitrogen and oxygen atoms in total. The number of rotatable bonds is 2. The standard InChI is InChI=1S/C10H15NO4/c1-6-10(11-13)9-7(14-5-12)3-2-4-8(9)15-6/h5-9,13H,2-4H2,1H3/b11-10+/t6-,7-,8+,9-/m0/s1. The van der Waals surface area contributed by atoms with Gasteiger partial charge in [-0.3, -0.25) is 4.79 Å². The number of ether oxygens (including phenoxy) is 2. The molecule has 1 heterocycles. The number of fused-ring (bicyclic) bond motifs is 1. The average molecular weight is 213 g/mol. The molecule has 2 rings (SSSR count). The SMILES string of the molecule is C[C@@H]1O[C@@H]2CCC[C@H](OC=O)[C@@H]2/C1=N/O. The number of carbonyl (C=O) groups excluding carboxylic acids is 1. The van der Waals surface area contributed by atoms with Crippen molar-refractivity contribution in [2.45, 2.75) is 44.5 Å². The Labute approximate surface area is 88.0 Å². The molecule has 2 aliphatic rings. The molecule has 15 heavy (non-hydrogen) atoms. The summed E-state index contributed by atoms with van der Waals surface area (Å²) in [6.45, 7) is 2.32. The van der Waals surface area contributed by atoms with Crippen molar-refractivity contribution < 1.29 is 19.5 Å². The summed E-state index contributed by atoms with van der Waals surface area (Å²) in [5, 5.41) is 12.2. The van der Waals surface area contributed by atoms with Crippen LogP contribution < -0.4 is 0 Å². The van der Waals surface area contributed by atoms with Gasteiger partial charge in [-0.05, 0) is 26.2 Å². The first kappa shape index (κ1) is 10.4. The van der Waals surface area contributed by atoms with Crippen LogP contribution in [0.4, 0.5) is 0 Å². The molecule has 1 N–H and O–H groups in total. The Bertz CT molecular complexity index is 279. The molecule has 0 amide bonds. The Morgan fingerprint density at radius 3 is 3.07 bits per heavy atom. The van der Waals surface area contributed by atoms with Crippen LogP contribution >= 0.6 is 0 Å². The van der Waals surface area contributed by atoms with E-state index < -0.39 is 0 Å². The predicted octanol–water partition coefficient (Wildman–Crippen LogP) is 0.946. The molecular weight excluding hydrogens is 198 g/mol. The van der Waals surface area contributed by atoms with Crippen LogP contribution in [0, 0.1) is 5.92 Å². The van der Waals surface area contributed by atoms with Gasteiger partial charge in [-0.15, -0.1) is 0 Å². The second-order valence-electron chi connectivity index (χ2n) is 4.07. The van der Waals surface area contributed by atoms with Gasteiger partial charge in [0, 0.05) is 0 Å². The zero-order chi connectivity index (χ0) is 10.8. The molecule has 0 aromatic heterocycles. The average Bonchev–Trinajstić information content (AvgIpc) is 2.55. The van der Waals surface area contributed by atoms with E-state index in [0.29, 0.717) is 12.2 Å². The molecule has 0 unspecified atom stereocenters. The number of hydrogen-bond donors (Lipinski definition) is 1. The van der Waals surface area contributed by atoms with Gasteiger partial charge < -0.3 is 14.7 Å². The molecule has 84 valence electrons. The van der Waals surface area contributed by atoms with Crippen LogP contribution in [0.1, 0.15) is 26.2 Å². The third-order valence-corrected chi connectivity index (χ3v) is 3.26. The fraction of sp³-hybridized carbons (Fsp3) is 0.800. The number of oxime groups is 1. The van der Waals surface area contributed by atoms with Crippen molar-refractivity contribution in [2.75, 3.05) is 0 Å². The van der Waals surface area contributed by atoms with Crippen molar-refractivity contribution in [2.24, 2.45) is 11.1 Å². The van der Waals surface area contributed by atoms with Gasteiger partial charge >= 0.3 is 0 Å². The van der Waals surface area contributed by atoms with Gasteiger partial charge in [0.05, 0.1) is 23.8 Å². The van der Waals surface area contributed by atoms with Crippen molar-refractivity contribution in [1.82, 2.24) is 0 Å². The first-order valence-corrected chi connectivity index (χ1v) is 5.24. The fourth-order valence-corrected chi connectivity index (χ4v) is 2.63. The van der Waals surface area contributed by atoms with Crippen molar-refractivity contribution >= 4 is 12.2 Å². The normalized spacial score (nSPS) is 42.6. The molecule has 0 spiro atoms. The smallest absolute Gasteiger partial charge is 0.293 e. The summed E-state index contributed by atoms with van der Waals surface area (Å²) in [6, 6.07) is 0. The maximum absolute atomic E-state index is 10.4. The van der Waals surface area contributed by atoms with Crippen LogP contribution in [0.15, 0.2) is 5.16 Å². The third-order valence-electron chi connectivity index (χ3n) is 3.26. The number of hydrogen-bond acceptors (Lipinski definition) is 5. The Hall–Kier alpha value is -1.10. The van der Waals surface area contributed by atoms with Crippen LogP contribution in [-0.4, -0.2) is 35.7 Å². The van der Waals surface area contributed by atoms with Crippen LogP contribution in [0.25, 0.3) is 0 Å². The van der Waals surface area contributed by atoms with Gasteiger partial charge in [0.1, 0.15) is 6.10 Å². The van der Waals surface area contributed by atoms with Crippen molar-refractivity contribution in [3.63, 3.8) is 0 Å². The zero-order valence-corrected chi connectivity index (χ0v) is 8.63. The van der Waals surface area contributed by atoms with Crippen LogP contribution in [0.3, 0.4) is 0 Å². The minimum atomic E-state index is -0.197. The highest BCUT2D eigenvalue weighted by Gasteiger charge is 2.47. The minimum Gasteiger partial charge on any atom is -0.464 e. The first-order chi connectivity index (χ1) is 7.27. The van der Waals surface area contributed by atoms with E-state index in [4.69, 9.17) is 14.7 Å². The summed E-state index contributed by atoms with van der Waals surface area (Å²) in [6.07, 6.45) is 2.38. The summed E-state index contributed by atoms with van der Waals surface area (Å²) in [5.74, 6) is -0.0658. The van der Waals surface area contributed by atoms with Crippen LogP contribution in [0.5, 0.6) is 0 Å². The zero-order valence-electron chi connectivity index (χ0n) is 8.63. The molecule has 0 radical (unpaired) electrons. The van der Waals surface area contributed by atoms with Crippen LogP contribution in [0.2, 0.25) is 0 Å². The molecule has 0 aromatic carbocycles. The lowest BCUT2D eigenvalue weighted by atomic mass is 9.82. The van der Waals surface area contributed by atoms with Gasteiger partial charge in [-0.2, -0.15) is 0 Å². The van der Waals surface area contributed by atoms with Crippen molar-refractivity contribution in [3.05, 3.63) is 0 Å². The minimum absolute atomic E-state index is 0.0320. The summed E-state index contributed by atoms with van der Waals surface area (Å²) < 4.78 is 10.7. The predicted molar refractivity (Wildman–Crippen MR) is 51.8 cm³/mol. The molecular formula is C10H15NO4. The number of nitrogens with zero attached hydrogens (tertiary/aromatic N) is 1. The van der Waals surface area contributed by atoms with E-state index in [1.807, 2.05) is 6.92 Å². The molecule has 0 aromatic rings. The third kappa shape index (κ3) is 1.71. The quantitative estimate of drug-likeness (QED) is 0.421. The highest BCUT2D eigenvalue weighted by molar-refractivity contribution is 5.93. The van der Waals surface area contributed by atoms with Gasteiger partial charge in [0.15, 0.2) is 0 Å². The van der Waals surface area contributed by atoms with Gasteiger partial charge in [-0.25, -0.2) is 0 Å². The molecule has 1 saturated heterocycles. The monoisotopic (exact) mass is 213 g/mol. The molecule has 0 bridgehead atoms. The molecule has 2 fully saturated rings. The van der Waals surface area contributed by atoms with E-state index in [-0.39, 0.29) is 24.2 Å². The van der Waals surface area contributed by atoms with E-state index in [1.54, 1.807) is 0 Å². The van der Waals surface area contributed by atoms with E-state index in [1.165, 1.54) is 0 Å². The van der Waals surface area contributed by atoms with Gasteiger partial charge in [0.25, 0.3) is 6.47 Å². The van der Waals surface area contributed by atoms with E-state index in [0.717, 1.165) is 19.3 Å². The lowest BCUT2D eigenvalue weighted by Crippen LogP contribution is -2.38. The topological polar surface area (TPSA) is 68.1 Å². The highest BCUT2D eigenvalue weighted by Crippen LogP contribution is 2.37. The Morgan fingerprint density at radius 2 is 2.40 bits per heavy atom. The second kappa shape index (κ2) is 4.18. The maximum Gasteiger partial charge on any atom is 0.293 e. The fourth-order valence-electron chi connectivity index (χ4n) is 2.63. The van der Waals surface area contributed by atoms with E-state index >= 15 is 0 Å². The summed E-state index contributed by atoms with van der Waals surface area (Å²) >= 11 is 0. The molecule has 5 heteroatoms. The summed E-state index contributed by atoms with van der Waals surface area (Å²) in [7, 11) is 0. The number of carbonyl (C=O) groups is 1. The molecule has 4 atom stereocenters. The highest BCUT2D eigenvalue weighted by atomic mass is 16.5. The molecule has 1 aliphatic heterocycles. The van der Waals surface area contributed by atoms with E-state index in [2.05, 4.69) is 5.16 Å². The van der Waals surface area contributed by atoms with Crippen LogP contribution in [-0.2, 0) is 14.3 Å². The maximum atomic E-state index is 10.4. The molecule has 1 aliphatic carbocycles. The Balaban J connectivity index is 2.19. The lowest BCUT2D eigenvalue weighted by Gasteiger charge is -2.30.